The van der Waals surface area contributed by atoms with E-state index in [-0.39, 0.29) is 5.91 Å². The summed E-state index contributed by atoms with van der Waals surface area (Å²) in [5.41, 5.74) is 1.61. The lowest BCUT2D eigenvalue weighted by Gasteiger charge is -2.14. The second-order valence-corrected chi connectivity index (χ2v) is 5.37. The van der Waals surface area contributed by atoms with Gasteiger partial charge in [0.25, 0.3) is 5.91 Å². The number of ether oxygens (including phenoxy) is 1. The van der Waals surface area contributed by atoms with Crippen LogP contribution in [0.5, 0.6) is 5.75 Å². The van der Waals surface area contributed by atoms with Crippen LogP contribution < -0.4 is 4.74 Å². The molecule has 0 saturated heterocycles. The molecule has 0 aliphatic carbocycles. The summed E-state index contributed by atoms with van der Waals surface area (Å²) in [4.78, 5) is 18.0. The molecule has 1 aromatic carbocycles. The first kappa shape index (κ1) is 15.7. The van der Waals surface area contributed by atoms with E-state index in [0.29, 0.717) is 24.5 Å². The molecule has 2 aromatic heterocycles. The molecule has 0 bridgehead atoms. The van der Waals surface area contributed by atoms with Gasteiger partial charge in [-0.25, -0.2) is 4.98 Å². The normalized spacial score (nSPS) is 10.6. The van der Waals surface area contributed by atoms with Crippen molar-refractivity contribution in [3.8, 4) is 5.75 Å². The van der Waals surface area contributed by atoms with Crippen molar-refractivity contribution in [3.05, 3.63) is 59.9 Å². The van der Waals surface area contributed by atoms with Gasteiger partial charge in [-0.15, -0.1) is 0 Å². The van der Waals surface area contributed by atoms with Crippen molar-refractivity contribution >= 4 is 5.91 Å². The highest BCUT2D eigenvalue weighted by Crippen LogP contribution is 2.13. The number of benzene rings is 1. The Bertz CT molecular complexity index is 794. The summed E-state index contributed by atoms with van der Waals surface area (Å²) in [6, 6.07) is 7.74. The van der Waals surface area contributed by atoms with Crippen molar-refractivity contribution in [1.29, 1.82) is 0 Å². The number of H-pyrrole nitrogens is 1. The number of methoxy groups -OCH3 is 1. The van der Waals surface area contributed by atoms with Gasteiger partial charge in [-0.2, -0.15) is 10.2 Å². The fraction of sp³-hybridized carbons (Fsp3) is 0.250. The minimum atomic E-state index is -0.118. The molecule has 8 heteroatoms. The molecule has 2 heterocycles. The van der Waals surface area contributed by atoms with E-state index in [0.717, 1.165) is 11.3 Å². The number of carbonyl (C=O) groups is 1. The Balaban J connectivity index is 1.64. The third-order valence-corrected chi connectivity index (χ3v) is 3.58. The minimum absolute atomic E-state index is 0.118. The van der Waals surface area contributed by atoms with Crippen LogP contribution >= 0.6 is 0 Å². The quantitative estimate of drug-likeness (QED) is 0.738. The first-order valence-electron chi connectivity index (χ1n) is 7.41. The summed E-state index contributed by atoms with van der Waals surface area (Å²) in [6.07, 6.45) is 4.73. The fourth-order valence-electron chi connectivity index (χ4n) is 2.30. The van der Waals surface area contributed by atoms with E-state index in [2.05, 4.69) is 20.3 Å². The van der Waals surface area contributed by atoms with Crippen LogP contribution in [0.3, 0.4) is 0 Å². The van der Waals surface area contributed by atoms with Crippen molar-refractivity contribution < 1.29 is 9.53 Å². The molecule has 0 saturated carbocycles. The first-order chi connectivity index (χ1) is 11.7. The van der Waals surface area contributed by atoms with Gasteiger partial charge in [0.2, 0.25) is 0 Å². The summed E-state index contributed by atoms with van der Waals surface area (Å²) < 4.78 is 6.87. The van der Waals surface area contributed by atoms with Crippen LogP contribution in [0.25, 0.3) is 0 Å². The van der Waals surface area contributed by atoms with Crippen LogP contribution in [0.1, 0.15) is 21.7 Å². The number of nitrogens with zero attached hydrogens (tertiary/aromatic N) is 5. The fourth-order valence-corrected chi connectivity index (χ4v) is 2.30. The van der Waals surface area contributed by atoms with E-state index in [1.54, 1.807) is 36.1 Å². The molecule has 1 N–H and O–H groups in total. The Morgan fingerprint density at radius 3 is 2.79 bits per heavy atom. The van der Waals surface area contributed by atoms with Crippen LogP contribution in [-0.2, 0) is 13.1 Å². The molecular formula is C16H18N6O2. The van der Waals surface area contributed by atoms with Crippen molar-refractivity contribution in [3.63, 3.8) is 0 Å². The molecule has 124 valence electrons. The molecule has 0 atom stereocenters. The predicted octanol–water partition coefficient (Wildman–Crippen LogP) is 1.33. The largest absolute Gasteiger partial charge is 0.497 e. The lowest BCUT2D eigenvalue weighted by atomic mass is 10.2. The van der Waals surface area contributed by atoms with Crippen LogP contribution in [-0.4, -0.2) is 49.9 Å². The third-order valence-electron chi connectivity index (χ3n) is 3.58. The monoisotopic (exact) mass is 326 g/mol. The summed E-state index contributed by atoms with van der Waals surface area (Å²) in [6.45, 7) is 0.950. The second-order valence-electron chi connectivity index (χ2n) is 5.37. The number of aromatic nitrogens is 5. The lowest BCUT2D eigenvalue weighted by Crippen LogP contribution is -2.26. The van der Waals surface area contributed by atoms with Crippen molar-refractivity contribution in [2.75, 3.05) is 14.2 Å². The van der Waals surface area contributed by atoms with Crippen molar-refractivity contribution in [2.45, 2.75) is 13.1 Å². The average Bonchev–Trinajstić information content (AvgIpc) is 3.27. The summed E-state index contributed by atoms with van der Waals surface area (Å²) in [7, 11) is 3.35. The number of amides is 1. The van der Waals surface area contributed by atoms with Gasteiger partial charge in [0, 0.05) is 13.2 Å². The van der Waals surface area contributed by atoms with Gasteiger partial charge in [0.15, 0.2) is 0 Å². The Morgan fingerprint density at radius 1 is 1.33 bits per heavy atom. The lowest BCUT2D eigenvalue weighted by molar-refractivity contribution is 0.0781. The molecule has 0 unspecified atom stereocenters. The van der Waals surface area contributed by atoms with E-state index in [9.17, 15) is 4.79 Å². The van der Waals surface area contributed by atoms with E-state index in [4.69, 9.17) is 4.74 Å². The smallest absolute Gasteiger partial charge is 0.257 e. The molecule has 8 nitrogen and oxygen atoms in total. The van der Waals surface area contributed by atoms with Gasteiger partial charge in [0.05, 0.1) is 32.0 Å². The average molecular weight is 326 g/mol. The van der Waals surface area contributed by atoms with Gasteiger partial charge >= 0.3 is 0 Å². The molecule has 0 aliphatic rings. The van der Waals surface area contributed by atoms with Crippen molar-refractivity contribution in [1.82, 2.24) is 29.9 Å². The van der Waals surface area contributed by atoms with Gasteiger partial charge in [-0.05, 0) is 17.7 Å². The highest BCUT2D eigenvalue weighted by molar-refractivity contribution is 5.93. The number of nitrogens with one attached hydrogen (secondary N) is 1. The molecule has 0 fully saturated rings. The molecule has 0 radical (unpaired) electrons. The minimum Gasteiger partial charge on any atom is -0.497 e. The number of aromatic amines is 1. The maximum Gasteiger partial charge on any atom is 0.257 e. The van der Waals surface area contributed by atoms with Crippen LogP contribution in [0.15, 0.2) is 43.0 Å². The van der Waals surface area contributed by atoms with E-state index < -0.39 is 0 Å². The standard InChI is InChI=1S/C16H18N6O2/c1-21(10-15-17-11-18-20-15)16(23)13-7-19-22(9-13)8-12-3-5-14(24-2)6-4-12/h3-7,9,11H,8,10H2,1-2H3,(H,17,18,20). The molecular weight excluding hydrogens is 308 g/mol. The Kier molecular flexibility index (Phi) is 4.55. The summed E-state index contributed by atoms with van der Waals surface area (Å²) >= 11 is 0. The Morgan fingerprint density at radius 2 is 2.12 bits per heavy atom. The third kappa shape index (κ3) is 3.60. The van der Waals surface area contributed by atoms with Crippen LogP contribution in [0.4, 0.5) is 0 Å². The van der Waals surface area contributed by atoms with E-state index >= 15 is 0 Å². The maximum absolute atomic E-state index is 12.4. The topological polar surface area (TPSA) is 88.9 Å². The number of hydrogen-bond acceptors (Lipinski definition) is 5. The van der Waals surface area contributed by atoms with Crippen LogP contribution in [0.2, 0.25) is 0 Å². The molecule has 3 rings (SSSR count). The highest BCUT2D eigenvalue weighted by Gasteiger charge is 2.15. The summed E-state index contributed by atoms with van der Waals surface area (Å²) in [5, 5.41) is 10.8. The predicted molar refractivity (Wildman–Crippen MR) is 86.5 cm³/mol. The maximum atomic E-state index is 12.4. The summed E-state index contributed by atoms with van der Waals surface area (Å²) in [5.74, 6) is 1.33. The Labute approximate surface area is 139 Å². The van der Waals surface area contributed by atoms with Gasteiger partial charge in [0.1, 0.15) is 17.9 Å². The number of rotatable bonds is 6. The molecule has 1 amide bonds. The molecule has 24 heavy (non-hydrogen) atoms. The van der Waals surface area contributed by atoms with Crippen LogP contribution in [0, 0.1) is 0 Å². The highest BCUT2D eigenvalue weighted by atomic mass is 16.5. The number of hydrogen-bond donors (Lipinski definition) is 1. The zero-order chi connectivity index (χ0) is 16.9. The number of carbonyl (C=O) groups excluding carboxylic acids is 1. The second kappa shape index (κ2) is 6.95. The van der Waals surface area contributed by atoms with Gasteiger partial charge in [-0.3, -0.25) is 14.6 Å². The SMILES string of the molecule is COc1ccc(Cn2cc(C(=O)N(C)Cc3ncn[nH]3)cn2)cc1. The molecule has 3 aromatic rings. The van der Waals surface area contributed by atoms with Gasteiger partial charge in [-0.1, -0.05) is 12.1 Å². The van der Waals surface area contributed by atoms with Crippen molar-refractivity contribution in [2.24, 2.45) is 0 Å². The molecule has 0 aliphatic heterocycles. The first-order valence-corrected chi connectivity index (χ1v) is 7.41. The molecule has 0 spiro atoms. The Hall–Kier alpha value is -3.16. The zero-order valence-electron chi connectivity index (χ0n) is 13.5. The van der Waals surface area contributed by atoms with Gasteiger partial charge < -0.3 is 9.64 Å². The zero-order valence-corrected chi connectivity index (χ0v) is 13.5. The van der Waals surface area contributed by atoms with E-state index in [1.807, 2.05) is 24.3 Å². The van der Waals surface area contributed by atoms with E-state index in [1.165, 1.54) is 6.33 Å².